The summed E-state index contributed by atoms with van der Waals surface area (Å²) in [6.07, 6.45) is 3.29. The number of fused-ring (bicyclic) bond motifs is 1. The van der Waals surface area contributed by atoms with E-state index in [4.69, 9.17) is 9.47 Å². The number of aryl methyl sites for hydroxylation is 1. The fourth-order valence-corrected chi connectivity index (χ4v) is 4.41. The van der Waals surface area contributed by atoms with Gasteiger partial charge in [-0.15, -0.1) is 0 Å². The highest BCUT2D eigenvalue weighted by molar-refractivity contribution is 6.16. The number of carbonyl (C=O) groups excluding carboxylic acids is 2. The SMILES string of the molecule is CCOC(=O)C1CCCN(c2c(C(=O)c3ccc(C)cc3)cnc3ccc(OCC)cc23)C1. The molecular weight excluding hydrogens is 416 g/mol. The Morgan fingerprint density at radius 2 is 1.88 bits per heavy atom. The molecule has 1 aliphatic rings. The Balaban J connectivity index is 1.83. The van der Waals surface area contributed by atoms with E-state index in [0.29, 0.717) is 30.9 Å². The molecule has 33 heavy (non-hydrogen) atoms. The van der Waals surface area contributed by atoms with Crippen molar-refractivity contribution in [2.45, 2.75) is 33.6 Å². The van der Waals surface area contributed by atoms with Crippen LogP contribution in [-0.2, 0) is 9.53 Å². The molecule has 1 unspecified atom stereocenters. The normalized spacial score (nSPS) is 16.0. The molecule has 0 spiro atoms. The lowest BCUT2D eigenvalue weighted by Gasteiger charge is -2.35. The maximum Gasteiger partial charge on any atom is 0.310 e. The van der Waals surface area contributed by atoms with E-state index in [2.05, 4.69) is 9.88 Å². The highest BCUT2D eigenvalue weighted by Crippen LogP contribution is 2.36. The maximum absolute atomic E-state index is 13.6. The third-order valence-corrected chi connectivity index (χ3v) is 6.04. The highest BCUT2D eigenvalue weighted by atomic mass is 16.5. The number of piperidine rings is 1. The van der Waals surface area contributed by atoms with E-state index in [1.54, 1.807) is 6.20 Å². The maximum atomic E-state index is 13.6. The van der Waals surface area contributed by atoms with Crippen LogP contribution in [-0.4, -0.2) is 43.0 Å². The molecule has 0 radical (unpaired) electrons. The second-order valence-corrected chi connectivity index (χ2v) is 8.36. The van der Waals surface area contributed by atoms with Crippen LogP contribution in [0.4, 0.5) is 5.69 Å². The molecule has 1 atom stereocenters. The van der Waals surface area contributed by atoms with Gasteiger partial charge in [0.2, 0.25) is 0 Å². The second-order valence-electron chi connectivity index (χ2n) is 8.36. The number of anilines is 1. The number of hydrogen-bond acceptors (Lipinski definition) is 6. The van der Waals surface area contributed by atoms with E-state index in [1.807, 2.05) is 63.2 Å². The summed E-state index contributed by atoms with van der Waals surface area (Å²) in [6, 6.07) is 13.3. The van der Waals surface area contributed by atoms with Gasteiger partial charge in [-0.25, -0.2) is 0 Å². The third kappa shape index (κ3) is 4.85. The number of esters is 1. The molecule has 1 aliphatic heterocycles. The molecule has 1 aromatic heterocycles. The molecule has 0 saturated carbocycles. The number of hydrogen-bond donors (Lipinski definition) is 0. The Morgan fingerprint density at radius 1 is 1.09 bits per heavy atom. The number of aromatic nitrogens is 1. The number of ketones is 1. The number of benzene rings is 2. The Hall–Kier alpha value is -3.41. The van der Waals surface area contributed by atoms with Crippen molar-refractivity contribution in [1.29, 1.82) is 0 Å². The molecule has 6 heteroatoms. The van der Waals surface area contributed by atoms with Gasteiger partial charge < -0.3 is 14.4 Å². The average molecular weight is 447 g/mol. The van der Waals surface area contributed by atoms with Crippen molar-refractivity contribution < 1.29 is 19.1 Å². The van der Waals surface area contributed by atoms with E-state index in [-0.39, 0.29) is 17.7 Å². The topological polar surface area (TPSA) is 68.7 Å². The van der Waals surface area contributed by atoms with E-state index in [0.717, 1.165) is 47.3 Å². The summed E-state index contributed by atoms with van der Waals surface area (Å²) in [6.45, 7) is 7.92. The van der Waals surface area contributed by atoms with Crippen LogP contribution in [0.3, 0.4) is 0 Å². The summed E-state index contributed by atoms with van der Waals surface area (Å²) in [7, 11) is 0. The molecule has 2 heterocycles. The summed E-state index contributed by atoms with van der Waals surface area (Å²) in [5.74, 6) is 0.243. The second kappa shape index (κ2) is 10.0. The van der Waals surface area contributed by atoms with Gasteiger partial charge in [-0.05, 0) is 51.8 Å². The molecular formula is C27H30N2O4. The van der Waals surface area contributed by atoms with Crippen LogP contribution in [0.25, 0.3) is 10.9 Å². The summed E-state index contributed by atoms with van der Waals surface area (Å²) in [4.78, 5) is 32.8. The molecule has 3 aromatic rings. The highest BCUT2D eigenvalue weighted by Gasteiger charge is 2.30. The van der Waals surface area contributed by atoms with E-state index >= 15 is 0 Å². The molecule has 0 bridgehead atoms. The monoisotopic (exact) mass is 446 g/mol. The predicted octanol–water partition coefficient (Wildman–Crippen LogP) is 4.95. The Bertz CT molecular complexity index is 1160. The zero-order valence-corrected chi connectivity index (χ0v) is 19.5. The van der Waals surface area contributed by atoms with Crippen molar-refractivity contribution in [1.82, 2.24) is 4.98 Å². The van der Waals surface area contributed by atoms with Crippen molar-refractivity contribution in [2.24, 2.45) is 5.92 Å². The molecule has 0 N–H and O–H groups in total. The van der Waals surface area contributed by atoms with Gasteiger partial charge in [0.15, 0.2) is 5.78 Å². The van der Waals surface area contributed by atoms with Gasteiger partial charge in [-0.3, -0.25) is 14.6 Å². The number of nitrogens with zero attached hydrogens (tertiary/aromatic N) is 2. The van der Waals surface area contributed by atoms with Crippen LogP contribution in [0.1, 0.15) is 48.2 Å². The first kappa shape index (κ1) is 22.8. The summed E-state index contributed by atoms with van der Waals surface area (Å²) < 4.78 is 11.0. The first-order valence-electron chi connectivity index (χ1n) is 11.6. The quantitative estimate of drug-likeness (QED) is 0.378. The van der Waals surface area contributed by atoms with Gasteiger partial charge in [-0.2, -0.15) is 0 Å². The molecule has 6 nitrogen and oxygen atoms in total. The molecule has 0 amide bonds. The third-order valence-electron chi connectivity index (χ3n) is 6.04. The molecule has 2 aromatic carbocycles. The summed E-state index contributed by atoms with van der Waals surface area (Å²) in [5, 5.41) is 0.850. The predicted molar refractivity (Wildman–Crippen MR) is 129 cm³/mol. The van der Waals surface area contributed by atoms with Crippen molar-refractivity contribution in [2.75, 3.05) is 31.2 Å². The van der Waals surface area contributed by atoms with E-state index in [9.17, 15) is 9.59 Å². The largest absolute Gasteiger partial charge is 0.494 e. The van der Waals surface area contributed by atoms with Crippen molar-refractivity contribution >= 4 is 28.3 Å². The van der Waals surface area contributed by atoms with Gasteiger partial charge in [0.05, 0.1) is 35.9 Å². The van der Waals surface area contributed by atoms with Crippen LogP contribution in [0.5, 0.6) is 5.75 Å². The fourth-order valence-electron chi connectivity index (χ4n) is 4.41. The van der Waals surface area contributed by atoms with Crippen LogP contribution >= 0.6 is 0 Å². The molecule has 4 rings (SSSR count). The average Bonchev–Trinajstić information content (AvgIpc) is 2.84. The smallest absolute Gasteiger partial charge is 0.310 e. The first-order chi connectivity index (χ1) is 16.0. The minimum atomic E-state index is -0.223. The fraction of sp³-hybridized carbons (Fsp3) is 0.370. The summed E-state index contributed by atoms with van der Waals surface area (Å²) in [5.41, 5.74) is 3.83. The van der Waals surface area contributed by atoms with Gasteiger partial charge >= 0.3 is 5.97 Å². The minimum Gasteiger partial charge on any atom is -0.494 e. The van der Waals surface area contributed by atoms with Crippen LogP contribution < -0.4 is 9.64 Å². The number of carbonyl (C=O) groups is 2. The summed E-state index contributed by atoms with van der Waals surface area (Å²) >= 11 is 0. The minimum absolute atomic E-state index is 0.0838. The van der Waals surface area contributed by atoms with E-state index < -0.39 is 0 Å². The van der Waals surface area contributed by atoms with Crippen LogP contribution in [0, 0.1) is 12.8 Å². The zero-order chi connectivity index (χ0) is 23.4. The molecule has 1 fully saturated rings. The van der Waals surface area contributed by atoms with Crippen molar-refractivity contribution in [3.05, 3.63) is 65.4 Å². The Morgan fingerprint density at radius 3 is 2.61 bits per heavy atom. The number of ether oxygens (including phenoxy) is 2. The standard InChI is InChI=1S/C27H30N2O4/c1-4-32-21-12-13-24-22(15-21)25(29-14-6-7-20(17-29)27(31)33-5-2)23(16-28-24)26(30)19-10-8-18(3)9-11-19/h8-13,15-16,20H,4-7,14,17H2,1-3H3. The van der Waals surface area contributed by atoms with E-state index in [1.165, 1.54) is 0 Å². The lowest BCUT2D eigenvalue weighted by molar-refractivity contribution is -0.148. The Labute approximate surface area is 194 Å². The lowest BCUT2D eigenvalue weighted by atomic mass is 9.94. The number of rotatable bonds is 7. The van der Waals surface area contributed by atoms with Gasteiger partial charge in [0, 0.05) is 30.2 Å². The Kier molecular flexibility index (Phi) is 6.92. The van der Waals surface area contributed by atoms with Crippen LogP contribution in [0.2, 0.25) is 0 Å². The van der Waals surface area contributed by atoms with Crippen molar-refractivity contribution in [3.63, 3.8) is 0 Å². The molecule has 172 valence electrons. The van der Waals surface area contributed by atoms with Gasteiger partial charge in [-0.1, -0.05) is 29.8 Å². The van der Waals surface area contributed by atoms with Gasteiger partial charge in [0.25, 0.3) is 0 Å². The molecule has 1 saturated heterocycles. The van der Waals surface area contributed by atoms with Gasteiger partial charge in [0.1, 0.15) is 5.75 Å². The lowest BCUT2D eigenvalue weighted by Crippen LogP contribution is -2.40. The first-order valence-corrected chi connectivity index (χ1v) is 11.6. The molecule has 0 aliphatic carbocycles. The van der Waals surface area contributed by atoms with Crippen LogP contribution in [0.15, 0.2) is 48.7 Å². The zero-order valence-electron chi connectivity index (χ0n) is 19.5. The van der Waals surface area contributed by atoms with Crippen molar-refractivity contribution in [3.8, 4) is 5.75 Å². The number of pyridine rings is 1.